The first kappa shape index (κ1) is 10.1. The van der Waals surface area contributed by atoms with Gasteiger partial charge in [0.05, 0.1) is 6.04 Å². The Morgan fingerprint density at radius 3 is 2.54 bits per heavy atom. The van der Waals surface area contributed by atoms with Crippen LogP contribution in [0.1, 0.15) is 27.7 Å². The standard InChI is InChI=1S/C12H19N/c1-9(2)10-7-6-8-11(13-10)12(3,4)5/h6-8,10,13H,1H2,2-5H3. The van der Waals surface area contributed by atoms with Crippen molar-refractivity contribution in [2.75, 3.05) is 0 Å². The Hall–Kier alpha value is -0.980. The lowest BCUT2D eigenvalue weighted by Gasteiger charge is -2.30. The van der Waals surface area contributed by atoms with Gasteiger partial charge in [-0.2, -0.15) is 0 Å². The maximum absolute atomic E-state index is 3.95. The highest BCUT2D eigenvalue weighted by molar-refractivity contribution is 5.29. The van der Waals surface area contributed by atoms with Crippen LogP contribution >= 0.6 is 0 Å². The monoisotopic (exact) mass is 177 g/mol. The third kappa shape index (κ3) is 2.48. The highest BCUT2D eigenvalue weighted by atomic mass is 14.9. The summed E-state index contributed by atoms with van der Waals surface area (Å²) in [5.41, 5.74) is 2.63. The van der Waals surface area contributed by atoms with Gasteiger partial charge in [-0.05, 0) is 13.0 Å². The fourth-order valence-electron chi connectivity index (χ4n) is 1.28. The van der Waals surface area contributed by atoms with Crippen molar-refractivity contribution in [2.45, 2.75) is 33.7 Å². The molecule has 1 rings (SSSR count). The number of hydrogen-bond donors (Lipinski definition) is 1. The summed E-state index contributed by atoms with van der Waals surface area (Å²) in [5.74, 6) is 0. The molecule has 1 N–H and O–H groups in total. The zero-order chi connectivity index (χ0) is 10.1. The van der Waals surface area contributed by atoms with Crippen molar-refractivity contribution in [3.05, 3.63) is 36.1 Å². The molecule has 0 bridgehead atoms. The molecule has 0 spiro atoms. The Balaban J connectivity index is 2.78. The van der Waals surface area contributed by atoms with Crippen molar-refractivity contribution in [2.24, 2.45) is 5.41 Å². The fourth-order valence-corrected chi connectivity index (χ4v) is 1.28. The summed E-state index contributed by atoms with van der Waals surface area (Å²) in [7, 11) is 0. The predicted molar refractivity (Wildman–Crippen MR) is 58.4 cm³/mol. The van der Waals surface area contributed by atoms with Gasteiger partial charge in [0.15, 0.2) is 0 Å². The van der Waals surface area contributed by atoms with Gasteiger partial charge in [-0.15, -0.1) is 0 Å². The molecule has 0 saturated carbocycles. The van der Waals surface area contributed by atoms with Gasteiger partial charge < -0.3 is 5.32 Å². The van der Waals surface area contributed by atoms with Gasteiger partial charge in [-0.25, -0.2) is 0 Å². The topological polar surface area (TPSA) is 12.0 Å². The SMILES string of the molecule is C=C(C)C1C=CC=C(C(C)(C)C)N1. The third-order valence-corrected chi connectivity index (χ3v) is 2.22. The minimum Gasteiger partial charge on any atom is -0.378 e. The number of dihydropyridines is 1. The van der Waals surface area contributed by atoms with Crippen LogP contribution in [0, 0.1) is 5.41 Å². The van der Waals surface area contributed by atoms with E-state index in [0.29, 0.717) is 6.04 Å². The van der Waals surface area contributed by atoms with Crippen molar-refractivity contribution in [1.82, 2.24) is 5.32 Å². The Morgan fingerprint density at radius 2 is 2.08 bits per heavy atom. The largest absolute Gasteiger partial charge is 0.378 e. The molecule has 0 aromatic rings. The van der Waals surface area contributed by atoms with E-state index < -0.39 is 0 Å². The summed E-state index contributed by atoms with van der Waals surface area (Å²) < 4.78 is 0. The van der Waals surface area contributed by atoms with E-state index >= 15 is 0 Å². The molecular formula is C12H19N. The van der Waals surface area contributed by atoms with Crippen LogP contribution in [0.25, 0.3) is 0 Å². The molecule has 1 aliphatic rings. The second-order valence-corrected chi connectivity index (χ2v) is 4.68. The summed E-state index contributed by atoms with van der Waals surface area (Å²) in [4.78, 5) is 0. The molecule has 0 aliphatic carbocycles. The summed E-state index contributed by atoms with van der Waals surface area (Å²) in [5, 5.41) is 3.47. The zero-order valence-corrected chi connectivity index (χ0v) is 9.02. The zero-order valence-electron chi connectivity index (χ0n) is 9.02. The fraction of sp³-hybridized carbons (Fsp3) is 0.500. The molecule has 0 saturated heterocycles. The number of hydrogen-bond acceptors (Lipinski definition) is 1. The molecule has 0 aromatic heterocycles. The van der Waals surface area contributed by atoms with E-state index in [1.807, 2.05) is 6.92 Å². The molecule has 72 valence electrons. The highest BCUT2D eigenvalue weighted by Crippen LogP contribution is 2.25. The average Bonchev–Trinajstić information content (AvgIpc) is 2.03. The first-order valence-corrected chi connectivity index (χ1v) is 4.72. The maximum atomic E-state index is 3.95. The second kappa shape index (κ2) is 3.41. The van der Waals surface area contributed by atoms with Crippen LogP contribution in [0.5, 0.6) is 0 Å². The molecule has 1 heterocycles. The molecule has 0 fully saturated rings. The first-order chi connectivity index (χ1) is 5.91. The van der Waals surface area contributed by atoms with E-state index in [1.165, 1.54) is 5.70 Å². The molecule has 1 atom stereocenters. The van der Waals surface area contributed by atoms with Crippen LogP contribution in [-0.4, -0.2) is 6.04 Å². The predicted octanol–water partition coefficient (Wildman–Crippen LogP) is 3.02. The lowest BCUT2D eigenvalue weighted by molar-refractivity contribution is 0.451. The van der Waals surface area contributed by atoms with Gasteiger partial charge >= 0.3 is 0 Å². The van der Waals surface area contributed by atoms with E-state index in [2.05, 4.69) is 50.9 Å². The van der Waals surface area contributed by atoms with Crippen molar-refractivity contribution in [3.8, 4) is 0 Å². The molecular weight excluding hydrogens is 158 g/mol. The number of rotatable bonds is 1. The van der Waals surface area contributed by atoms with Crippen molar-refractivity contribution in [1.29, 1.82) is 0 Å². The lowest BCUT2D eigenvalue weighted by atomic mass is 9.89. The summed E-state index contributed by atoms with van der Waals surface area (Å²) in [6, 6.07) is 0.305. The quantitative estimate of drug-likeness (QED) is 0.607. The van der Waals surface area contributed by atoms with E-state index in [9.17, 15) is 0 Å². The summed E-state index contributed by atoms with van der Waals surface area (Å²) >= 11 is 0. The first-order valence-electron chi connectivity index (χ1n) is 4.72. The molecule has 1 aliphatic heterocycles. The van der Waals surface area contributed by atoms with Crippen LogP contribution < -0.4 is 5.32 Å². The van der Waals surface area contributed by atoms with Crippen molar-refractivity contribution >= 4 is 0 Å². The molecule has 0 radical (unpaired) electrons. The van der Waals surface area contributed by atoms with Gasteiger partial charge in [0.2, 0.25) is 0 Å². The van der Waals surface area contributed by atoms with Gasteiger partial charge in [-0.1, -0.05) is 45.1 Å². The molecule has 1 heteroatoms. The van der Waals surface area contributed by atoms with E-state index in [4.69, 9.17) is 0 Å². The Bertz CT molecular complexity index is 263. The average molecular weight is 177 g/mol. The van der Waals surface area contributed by atoms with Crippen LogP contribution in [0.4, 0.5) is 0 Å². The van der Waals surface area contributed by atoms with Crippen LogP contribution in [0.15, 0.2) is 36.1 Å². The maximum Gasteiger partial charge on any atom is 0.0652 e. The smallest absolute Gasteiger partial charge is 0.0652 e. The Kier molecular flexibility index (Phi) is 2.65. The summed E-state index contributed by atoms with van der Waals surface area (Å²) in [6.45, 7) is 12.6. The number of nitrogens with one attached hydrogen (secondary N) is 1. The number of allylic oxidation sites excluding steroid dienone is 3. The molecule has 13 heavy (non-hydrogen) atoms. The normalized spacial score (nSPS) is 22.2. The molecule has 1 unspecified atom stereocenters. The van der Waals surface area contributed by atoms with Crippen molar-refractivity contribution in [3.63, 3.8) is 0 Å². The van der Waals surface area contributed by atoms with Crippen molar-refractivity contribution < 1.29 is 0 Å². The second-order valence-electron chi connectivity index (χ2n) is 4.68. The molecule has 0 aromatic carbocycles. The van der Waals surface area contributed by atoms with Gasteiger partial charge in [0.25, 0.3) is 0 Å². The van der Waals surface area contributed by atoms with Crippen LogP contribution in [0.2, 0.25) is 0 Å². The lowest BCUT2D eigenvalue weighted by Crippen LogP contribution is -2.34. The minimum absolute atomic E-state index is 0.193. The molecule has 1 nitrogen and oxygen atoms in total. The van der Waals surface area contributed by atoms with Crippen LogP contribution in [0.3, 0.4) is 0 Å². The third-order valence-electron chi connectivity index (χ3n) is 2.22. The van der Waals surface area contributed by atoms with Gasteiger partial charge in [-0.3, -0.25) is 0 Å². The van der Waals surface area contributed by atoms with Gasteiger partial charge in [0.1, 0.15) is 0 Å². The highest BCUT2D eigenvalue weighted by Gasteiger charge is 2.20. The molecule has 0 amide bonds. The van der Waals surface area contributed by atoms with E-state index in [1.54, 1.807) is 0 Å². The van der Waals surface area contributed by atoms with Gasteiger partial charge in [0, 0.05) is 11.1 Å². The van der Waals surface area contributed by atoms with Crippen LogP contribution in [-0.2, 0) is 0 Å². The van der Waals surface area contributed by atoms with E-state index in [-0.39, 0.29) is 5.41 Å². The Morgan fingerprint density at radius 1 is 1.46 bits per heavy atom. The minimum atomic E-state index is 0.193. The Labute approximate surface area is 81.2 Å². The summed E-state index contributed by atoms with van der Waals surface area (Å²) in [6.07, 6.45) is 6.38. The van der Waals surface area contributed by atoms with E-state index in [0.717, 1.165) is 5.57 Å².